The van der Waals surface area contributed by atoms with Crippen LogP contribution >= 0.6 is 0 Å². The molecule has 1 rings (SSSR count). The molecule has 1 aliphatic rings. The minimum atomic E-state index is -3.73. The van der Waals surface area contributed by atoms with E-state index in [1.165, 1.54) is 12.0 Å². The number of carbonyl (C=O) groups is 1. The van der Waals surface area contributed by atoms with E-state index in [4.69, 9.17) is 18.1 Å². The minimum absolute atomic E-state index is 0.0133. The lowest BCUT2D eigenvalue weighted by Crippen LogP contribution is -2.54. The normalized spacial score (nSPS) is 21.4. The van der Waals surface area contributed by atoms with E-state index < -0.39 is 42.3 Å². The Kier molecular flexibility index (Phi) is 8.74. The Morgan fingerprint density at radius 1 is 1.20 bits per heavy atom. The van der Waals surface area contributed by atoms with Gasteiger partial charge in [0, 0.05) is 7.11 Å². The topological polar surface area (TPSA) is 91.4 Å². The van der Waals surface area contributed by atoms with E-state index in [1.807, 2.05) is 0 Å². The molecule has 1 aliphatic heterocycles. The lowest BCUT2D eigenvalue weighted by Gasteiger charge is -2.41. The van der Waals surface area contributed by atoms with Crippen molar-refractivity contribution < 1.29 is 31.3 Å². The standard InChI is InChI=1S/C20H39NO7SSi/c1-19(2,3)27-18(22)21-12-17(28-29(8,23)24)15(13-25-7)11-16(21)14-26-30(9,10)20(4,5)6/h11,16-17H,12-14H2,1-10H3. The van der Waals surface area contributed by atoms with Crippen LogP contribution in [0.5, 0.6) is 0 Å². The molecular weight excluding hydrogens is 426 g/mol. The molecule has 30 heavy (non-hydrogen) atoms. The maximum atomic E-state index is 12.9. The number of methoxy groups -OCH3 is 1. The van der Waals surface area contributed by atoms with Crippen molar-refractivity contribution in [1.29, 1.82) is 0 Å². The third kappa shape index (κ3) is 8.30. The van der Waals surface area contributed by atoms with Crippen LogP contribution in [0.2, 0.25) is 18.1 Å². The van der Waals surface area contributed by atoms with Crippen LogP contribution in [0.25, 0.3) is 0 Å². The Morgan fingerprint density at radius 2 is 1.77 bits per heavy atom. The van der Waals surface area contributed by atoms with E-state index in [-0.39, 0.29) is 24.8 Å². The van der Waals surface area contributed by atoms with Crippen molar-refractivity contribution >= 4 is 24.5 Å². The second-order valence-corrected chi connectivity index (χ2v) is 16.6. The number of hydrogen-bond donors (Lipinski definition) is 0. The van der Waals surface area contributed by atoms with Gasteiger partial charge in [0.25, 0.3) is 10.1 Å². The summed E-state index contributed by atoms with van der Waals surface area (Å²) in [6.07, 6.45) is 1.42. The molecule has 176 valence electrons. The molecule has 2 unspecified atom stereocenters. The average molecular weight is 466 g/mol. The summed E-state index contributed by atoms with van der Waals surface area (Å²) < 4.78 is 45.9. The smallest absolute Gasteiger partial charge is 0.410 e. The summed E-state index contributed by atoms with van der Waals surface area (Å²) in [5.41, 5.74) is -0.0300. The number of ether oxygens (including phenoxy) is 2. The maximum Gasteiger partial charge on any atom is 0.410 e. The average Bonchev–Trinajstić information content (AvgIpc) is 2.50. The molecule has 0 fully saturated rings. The van der Waals surface area contributed by atoms with E-state index in [0.29, 0.717) is 5.57 Å². The van der Waals surface area contributed by atoms with Crippen LogP contribution in [0.15, 0.2) is 11.6 Å². The predicted octanol–water partition coefficient (Wildman–Crippen LogP) is 3.55. The molecule has 0 saturated carbocycles. The van der Waals surface area contributed by atoms with Gasteiger partial charge in [0.1, 0.15) is 11.7 Å². The molecule has 0 spiro atoms. The first-order chi connectivity index (χ1) is 13.4. The quantitative estimate of drug-likeness (QED) is 0.322. The Balaban J connectivity index is 3.25. The molecule has 10 heteroatoms. The number of rotatable bonds is 7. The fourth-order valence-corrected chi connectivity index (χ4v) is 4.29. The molecule has 0 aromatic rings. The van der Waals surface area contributed by atoms with Crippen LogP contribution in [0.1, 0.15) is 41.5 Å². The van der Waals surface area contributed by atoms with Gasteiger partial charge in [-0.3, -0.25) is 9.08 Å². The van der Waals surface area contributed by atoms with Gasteiger partial charge in [-0.1, -0.05) is 26.8 Å². The molecule has 0 radical (unpaired) electrons. The number of nitrogens with zero attached hydrogens (tertiary/aromatic N) is 1. The third-order valence-electron chi connectivity index (χ3n) is 5.23. The highest BCUT2D eigenvalue weighted by Gasteiger charge is 2.41. The molecule has 8 nitrogen and oxygen atoms in total. The van der Waals surface area contributed by atoms with Gasteiger partial charge in [0.15, 0.2) is 8.32 Å². The Morgan fingerprint density at radius 3 is 2.20 bits per heavy atom. The van der Waals surface area contributed by atoms with Crippen LogP contribution in [0.3, 0.4) is 0 Å². The van der Waals surface area contributed by atoms with Crippen LogP contribution in [0.4, 0.5) is 4.79 Å². The van der Waals surface area contributed by atoms with Gasteiger partial charge in [-0.2, -0.15) is 8.42 Å². The molecule has 0 aromatic heterocycles. The molecule has 0 bridgehead atoms. The first-order valence-electron chi connectivity index (χ1n) is 10.1. The fourth-order valence-electron chi connectivity index (χ4n) is 2.67. The Bertz CT molecular complexity index is 735. The van der Waals surface area contributed by atoms with Crippen molar-refractivity contribution in [3.05, 3.63) is 11.6 Å². The van der Waals surface area contributed by atoms with Crippen LogP contribution in [-0.4, -0.2) is 78.6 Å². The van der Waals surface area contributed by atoms with Gasteiger partial charge < -0.3 is 13.9 Å². The van der Waals surface area contributed by atoms with Crippen molar-refractivity contribution in [2.75, 3.05) is 33.1 Å². The molecule has 0 aromatic carbocycles. The van der Waals surface area contributed by atoms with Crippen molar-refractivity contribution in [2.45, 2.75) is 77.4 Å². The summed E-state index contributed by atoms with van der Waals surface area (Å²) in [6, 6.07) is -0.418. The van der Waals surface area contributed by atoms with Gasteiger partial charge in [-0.05, 0) is 44.5 Å². The zero-order valence-corrected chi connectivity index (χ0v) is 21.9. The summed E-state index contributed by atoms with van der Waals surface area (Å²) >= 11 is 0. The zero-order chi connectivity index (χ0) is 23.5. The van der Waals surface area contributed by atoms with Crippen molar-refractivity contribution in [2.24, 2.45) is 0 Å². The predicted molar refractivity (Wildman–Crippen MR) is 120 cm³/mol. The summed E-state index contributed by atoms with van der Waals surface area (Å²) in [6.45, 7) is 16.6. The molecule has 0 N–H and O–H groups in total. The van der Waals surface area contributed by atoms with Crippen LogP contribution < -0.4 is 0 Å². The third-order valence-corrected chi connectivity index (χ3v) is 10.3. The van der Waals surface area contributed by atoms with Gasteiger partial charge in [0.2, 0.25) is 0 Å². The first-order valence-corrected chi connectivity index (χ1v) is 14.8. The van der Waals surface area contributed by atoms with E-state index in [1.54, 1.807) is 26.8 Å². The summed E-state index contributed by atoms with van der Waals surface area (Å²) in [7, 11) is -4.27. The minimum Gasteiger partial charge on any atom is -0.444 e. The lowest BCUT2D eigenvalue weighted by atomic mass is 10.0. The molecule has 1 amide bonds. The highest BCUT2D eigenvalue weighted by atomic mass is 32.2. The van der Waals surface area contributed by atoms with E-state index in [9.17, 15) is 13.2 Å². The molecular formula is C20H39NO7SSi. The zero-order valence-electron chi connectivity index (χ0n) is 20.1. The summed E-state index contributed by atoms with van der Waals surface area (Å²) in [4.78, 5) is 14.4. The summed E-state index contributed by atoms with van der Waals surface area (Å²) in [5, 5.41) is 0.0133. The SMILES string of the molecule is COCC1=CC(CO[Si](C)(C)C(C)(C)C)N(C(=O)OC(C)(C)C)CC1OS(C)(=O)=O. The van der Waals surface area contributed by atoms with Crippen LogP contribution in [-0.2, 0) is 28.2 Å². The second-order valence-electron chi connectivity index (χ2n) is 10.2. The van der Waals surface area contributed by atoms with Crippen LogP contribution in [0, 0.1) is 0 Å². The Hall–Kier alpha value is -0.943. The van der Waals surface area contributed by atoms with Gasteiger partial charge in [0.05, 0.1) is 32.1 Å². The van der Waals surface area contributed by atoms with Crippen molar-refractivity contribution in [3.8, 4) is 0 Å². The van der Waals surface area contributed by atoms with Crippen molar-refractivity contribution in [3.63, 3.8) is 0 Å². The lowest BCUT2D eigenvalue weighted by molar-refractivity contribution is 0.00397. The highest BCUT2D eigenvalue weighted by Crippen LogP contribution is 2.37. The first kappa shape index (κ1) is 27.1. The summed E-state index contributed by atoms with van der Waals surface area (Å²) in [5.74, 6) is 0. The maximum absolute atomic E-state index is 12.9. The van der Waals surface area contributed by atoms with Gasteiger partial charge in [-0.15, -0.1) is 0 Å². The van der Waals surface area contributed by atoms with Crippen molar-refractivity contribution in [1.82, 2.24) is 4.90 Å². The molecule has 1 heterocycles. The number of carbonyl (C=O) groups excluding carboxylic acids is 1. The van der Waals surface area contributed by atoms with Gasteiger partial charge in [-0.25, -0.2) is 4.79 Å². The monoisotopic (exact) mass is 465 g/mol. The molecule has 0 aliphatic carbocycles. The molecule has 0 saturated heterocycles. The number of amides is 1. The molecule has 2 atom stereocenters. The second kappa shape index (κ2) is 9.68. The Labute approximate surface area is 183 Å². The fraction of sp³-hybridized carbons (Fsp3) is 0.850. The number of hydrogen-bond acceptors (Lipinski definition) is 7. The van der Waals surface area contributed by atoms with E-state index >= 15 is 0 Å². The van der Waals surface area contributed by atoms with E-state index in [2.05, 4.69) is 33.9 Å². The van der Waals surface area contributed by atoms with E-state index in [0.717, 1.165) is 6.26 Å². The highest BCUT2D eigenvalue weighted by molar-refractivity contribution is 7.86. The largest absolute Gasteiger partial charge is 0.444 e. The van der Waals surface area contributed by atoms with Gasteiger partial charge >= 0.3 is 6.09 Å².